The van der Waals surface area contributed by atoms with Crippen LogP contribution in [0.1, 0.15) is 13.1 Å². The quantitative estimate of drug-likeness (QED) is 0.864. The van der Waals surface area contributed by atoms with Gasteiger partial charge in [0.05, 0.1) is 5.02 Å². The number of nitrogens with zero attached hydrogens (tertiary/aromatic N) is 4. The number of hydrogen-bond acceptors (Lipinski definition) is 4. The van der Waals surface area contributed by atoms with Crippen LogP contribution in [0.4, 0.5) is 5.82 Å². The molecule has 5 nitrogen and oxygen atoms in total. The predicted octanol–water partition coefficient (Wildman–Crippen LogP) is 1.96. The second-order valence-corrected chi connectivity index (χ2v) is 3.49. The van der Waals surface area contributed by atoms with Gasteiger partial charge in [-0.25, -0.2) is 14.6 Å². The van der Waals surface area contributed by atoms with Gasteiger partial charge in [0.2, 0.25) is 0 Å². The van der Waals surface area contributed by atoms with Gasteiger partial charge in [-0.2, -0.15) is 5.10 Å². The smallest absolute Gasteiger partial charge is 0.137 e. The molecule has 0 fully saturated rings. The molecule has 0 aliphatic carbocycles. The monoisotopic (exact) mass is 223 g/mol. The molecular weight excluding hydrogens is 214 g/mol. The van der Waals surface area contributed by atoms with E-state index in [1.807, 2.05) is 13.0 Å². The minimum absolute atomic E-state index is 0.00109. The van der Waals surface area contributed by atoms with Gasteiger partial charge in [-0.3, -0.25) is 0 Å². The van der Waals surface area contributed by atoms with Gasteiger partial charge >= 0.3 is 0 Å². The number of rotatable bonds is 3. The Labute approximate surface area is 92.1 Å². The molecule has 0 aromatic carbocycles. The van der Waals surface area contributed by atoms with E-state index >= 15 is 0 Å². The van der Waals surface area contributed by atoms with Gasteiger partial charge in [0.15, 0.2) is 0 Å². The number of halogens is 1. The van der Waals surface area contributed by atoms with Crippen molar-refractivity contribution < 1.29 is 0 Å². The highest BCUT2D eigenvalue weighted by molar-refractivity contribution is 6.30. The van der Waals surface area contributed by atoms with Crippen LogP contribution in [0.15, 0.2) is 31.0 Å². The van der Waals surface area contributed by atoms with Crippen LogP contribution in [0.5, 0.6) is 0 Å². The summed E-state index contributed by atoms with van der Waals surface area (Å²) in [4.78, 5) is 7.99. The van der Waals surface area contributed by atoms with Crippen LogP contribution in [-0.4, -0.2) is 19.7 Å². The van der Waals surface area contributed by atoms with Crippen LogP contribution >= 0.6 is 11.6 Å². The molecule has 0 saturated heterocycles. The second-order valence-electron chi connectivity index (χ2n) is 3.06. The Morgan fingerprint density at radius 1 is 1.47 bits per heavy atom. The van der Waals surface area contributed by atoms with E-state index < -0.39 is 0 Å². The highest BCUT2D eigenvalue weighted by atomic mass is 35.5. The molecule has 1 atom stereocenters. The lowest BCUT2D eigenvalue weighted by Gasteiger charge is -2.13. The van der Waals surface area contributed by atoms with Crippen molar-refractivity contribution in [2.75, 3.05) is 5.32 Å². The van der Waals surface area contributed by atoms with E-state index in [0.717, 1.165) is 5.82 Å². The summed E-state index contributed by atoms with van der Waals surface area (Å²) in [6.45, 7) is 1.96. The van der Waals surface area contributed by atoms with E-state index in [2.05, 4.69) is 20.4 Å². The molecule has 1 unspecified atom stereocenters. The highest BCUT2D eigenvalue weighted by Gasteiger charge is 2.04. The molecule has 2 aromatic heterocycles. The number of hydrogen-bond donors (Lipinski definition) is 1. The van der Waals surface area contributed by atoms with Crippen LogP contribution in [0.3, 0.4) is 0 Å². The van der Waals surface area contributed by atoms with E-state index in [-0.39, 0.29) is 6.17 Å². The van der Waals surface area contributed by atoms with Crippen molar-refractivity contribution in [2.24, 2.45) is 0 Å². The molecule has 0 spiro atoms. The van der Waals surface area contributed by atoms with Crippen molar-refractivity contribution in [1.29, 1.82) is 0 Å². The van der Waals surface area contributed by atoms with Gasteiger partial charge in [-0.05, 0) is 19.1 Å². The van der Waals surface area contributed by atoms with E-state index in [1.165, 1.54) is 6.33 Å². The average molecular weight is 224 g/mol. The Balaban J connectivity index is 2.06. The van der Waals surface area contributed by atoms with E-state index in [0.29, 0.717) is 5.02 Å². The first-order chi connectivity index (χ1) is 7.25. The molecule has 0 amide bonds. The predicted molar refractivity (Wildman–Crippen MR) is 57.6 cm³/mol. The summed E-state index contributed by atoms with van der Waals surface area (Å²) in [5.74, 6) is 0.752. The normalized spacial score (nSPS) is 12.4. The van der Waals surface area contributed by atoms with Gasteiger partial charge in [0.1, 0.15) is 24.6 Å². The summed E-state index contributed by atoms with van der Waals surface area (Å²) in [6, 6.07) is 3.60. The van der Waals surface area contributed by atoms with Crippen LogP contribution in [0.25, 0.3) is 0 Å². The SMILES string of the molecule is CC(Nc1ccc(Cl)cn1)n1cncn1. The summed E-state index contributed by atoms with van der Waals surface area (Å²) < 4.78 is 1.70. The van der Waals surface area contributed by atoms with Gasteiger partial charge < -0.3 is 5.32 Å². The zero-order valence-corrected chi connectivity index (χ0v) is 8.89. The van der Waals surface area contributed by atoms with Gasteiger partial charge in [0.25, 0.3) is 0 Å². The molecule has 1 N–H and O–H groups in total. The summed E-state index contributed by atoms with van der Waals surface area (Å²) >= 11 is 5.73. The maximum atomic E-state index is 5.73. The number of pyridine rings is 1. The Morgan fingerprint density at radius 2 is 2.33 bits per heavy atom. The van der Waals surface area contributed by atoms with Crippen molar-refractivity contribution in [3.8, 4) is 0 Å². The molecule has 0 radical (unpaired) electrons. The third-order valence-corrected chi connectivity index (χ3v) is 2.14. The minimum Gasteiger partial charge on any atom is -0.349 e. The fourth-order valence-electron chi connectivity index (χ4n) is 1.16. The Hall–Kier alpha value is -1.62. The third kappa shape index (κ3) is 2.44. The van der Waals surface area contributed by atoms with Crippen molar-refractivity contribution >= 4 is 17.4 Å². The molecule has 15 heavy (non-hydrogen) atoms. The minimum atomic E-state index is 0.00109. The molecule has 2 aromatic rings. The number of nitrogens with one attached hydrogen (secondary N) is 1. The molecule has 6 heteroatoms. The van der Waals surface area contributed by atoms with Gasteiger partial charge in [-0.1, -0.05) is 11.6 Å². The van der Waals surface area contributed by atoms with Crippen molar-refractivity contribution in [2.45, 2.75) is 13.1 Å². The van der Waals surface area contributed by atoms with Gasteiger partial charge in [0, 0.05) is 6.20 Å². The largest absolute Gasteiger partial charge is 0.349 e. The number of aromatic nitrogens is 4. The zero-order chi connectivity index (χ0) is 10.7. The summed E-state index contributed by atoms with van der Waals surface area (Å²) in [7, 11) is 0. The van der Waals surface area contributed by atoms with E-state index in [1.54, 1.807) is 23.3 Å². The van der Waals surface area contributed by atoms with Crippen molar-refractivity contribution in [3.63, 3.8) is 0 Å². The average Bonchev–Trinajstić information content (AvgIpc) is 2.74. The maximum absolute atomic E-state index is 5.73. The maximum Gasteiger partial charge on any atom is 0.137 e. The molecule has 78 valence electrons. The molecule has 0 aliphatic heterocycles. The molecule has 0 bridgehead atoms. The Kier molecular flexibility index (Phi) is 2.82. The van der Waals surface area contributed by atoms with Crippen molar-refractivity contribution in [1.82, 2.24) is 19.7 Å². The van der Waals surface area contributed by atoms with E-state index in [9.17, 15) is 0 Å². The van der Waals surface area contributed by atoms with Crippen molar-refractivity contribution in [3.05, 3.63) is 36.0 Å². The molecule has 0 aliphatic rings. The Bertz CT molecular complexity index is 411. The molecule has 2 heterocycles. The second kappa shape index (κ2) is 4.27. The highest BCUT2D eigenvalue weighted by Crippen LogP contribution is 2.12. The van der Waals surface area contributed by atoms with Crippen LogP contribution < -0.4 is 5.32 Å². The summed E-state index contributed by atoms with van der Waals surface area (Å²) in [6.07, 6.45) is 4.74. The molecular formula is C9H10ClN5. The first-order valence-corrected chi connectivity index (χ1v) is 4.86. The lowest BCUT2D eigenvalue weighted by Crippen LogP contribution is -2.15. The standard InChI is InChI=1S/C9H10ClN5/c1-7(15-6-11-5-13-15)14-9-3-2-8(10)4-12-9/h2-7H,1H3,(H,12,14). The number of anilines is 1. The van der Waals surface area contributed by atoms with Crippen LogP contribution in [0.2, 0.25) is 5.02 Å². The summed E-state index contributed by atoms with van der Waals surface area (Å²) in [5.41, 5.74) is 0. The van der Waals surface area contributed by atoms with E-state index in [4.69, 9.17) is 11.6 Å². The lowest BCUT2D eigenvalue weighted by atomic mass is 10.4. The molecule has 2 rings (SSSR count). The third-order valence-electron chi connectivity index (χ3n) is 1.92. The van der Waals surface area contributed by atoms with Crippen LogP contribution in [0, 0.1) is 0 Å². The topological polar surface area (TPSA) is 55.6 Å². The first-order valence-electron chi connectivity index (χ1n) is 4.48. The fraction of sp³-hybridized carbons (Fsp3) is 0.222. The first kappa shape index (κ1) is 9.92. The fourth-order valence-corrected chi connectivity index (χ4v) is 1.27. The Morgan fingerprint density at radius 3 is 2.93 bits per heavy atom. The van der Waals surface area contributed by atoms with Crippen LogP contribution in [-0.2, 0) is 0 Å². The lowest BCUT2D eigenvalue weighted by molar-refractivity contribution is 0.542. The zero-order valence-electron chi connectivity index (χ0n) is 8.13. The summed E-state index contributed by atoms with van der Waals surface area (Å²) in [5, 5.41) is 7.80. The molecule has 0 saturated carbocycles. The van der Waals surface area contributed by atoms with Gasteiger partial charge in [-0.15, -0.1) is 0 Å².